The van der Waals surface area contributed by atoms with Gasteiger partial charge in [-0.05, 0) is 136 Å². The topological polar surface area (TPSA) is 211 Å². The molecule has 74 heavy (non-hydrogen) atoms. The molecule has 0 aromatic heterocycles. The average molecular weight is 1050 g/mol. The summed E-state index contributed by atoms with van der Waals surface area (Å²) in [6.07, 6.45) is 4.81. The van der Waals surface area contributed by atoms with Gasteiger partial charge in [0.05, 0.1) is 13.1 Å². The number of likely N-dealkylation sites (tertiary alicyclic amines) is 2. The van der Waals surface area contributed by atoms with E-state index in [2.05, 4.69) is 124 Å². The number of amides is 8. The maximum Gasteiger partial charge on any atom is 0.317 e. The Labute approximate surface area is 447 Å². The third-order valence-corrected chi connectivity index (χ3v) is 14.1. The number of piperazine rings is 2. The van der Waals surface area contributed by atoms with Crippen LogP contribution in [-0.4, -0.2) is 240 Å². The lowest BCUT2D eigenvalue weighted by Gasteiger charge is -2.43. The lowest BCUT2D eigenvalue weighted by Crippen LogP contribution is -2.56. The zero-order chi connectivity index (χ0) is 56.8. The Morgan fingerprint density at radius 1 is 0.378 bits per heavy atom. The summed E-state index contributed by atoms with van der Waals surface area (Å²) in [5, 5.41) is 10.9. The summed E-state index contributed by atoms with van der Waals surface area (Å²) < 4.78 is 0. The van der Waals surface area contributed by atoms with E-state index < -0.39 is 0 Å². The van der Waals surface area contributed by atoms with Crippen molar-refractivity contribution in [2.75, 3.05) is 119 Å². The molecule has 0 saturated carbocycles. The van der Waals surface area contributed by atoms with Crippen molar-refractivity contribution in [3.05, 3.63) is 0 Å². The molecule has 0 atom stereocenters. The zero-order valence-corrected chi connectivity index (χ0v) is 49.6. The average Bonchev–Trinajstić information content (AvgIpc) is 3.31. The number of Topliss-reactive ketones (excluding diaryl/α,β-unsaturated/α-hetero) is 4. The molecule has 0 unspecified atom stereocenters. The van der Waals surface area contributed by atoms with Gasteiger partial charge in [-0.1, -0.05) is 0 Å². The number of carbonyl (C=O) groups excluding carboxylic acids is 8. The molecule has 8 amide bonds. The van der Waals surface area contributed by atoms with Crippen LogP contribution in [0.1, 0.15) is 149 Å². The second kappa shape index (κ2) is 31.6. The van der Waals surface area contributed by atoms with Crippen LogP contribution in [0.4, 0.5) is 19.2 Å². The van der Waals surface area contributed by atoms with Crippen LogP contribution in [0.15, 0.2) is 0 Å². The van der Waals surface area contributed by atoms with E-state index in [9.17, 15) is 38.4 Å². The highest BCUT2D eigenvalue weighted by Crippen LogP contribution is 2.24. The zero-order valence-electron chi connectivity index (χ0n) is 49.6. The molecule has 20 heteroatoms. The van der Waals surface area contributed by atoms with E-state index in [4.69, 9.17) is 0 Å². The summed E-state index contributed by atoms with van der Waals surface area (Å²) in [6, 6.07) is 0.167. The van der Waals surface area contributed by atoms with Crippen LogP contribution >= 0.6 is 0 Å². The largest absolute Gasteiger partial charge is 0.338 e. The molecule has 20 nitrogen and oxygen atoms in total. The fourth-order valence-corrected chi connectivity index (χ4v) is 8.90. The number of piperidine rings is 2. The summed E-state index contributed by atoms with van der Waals surface area (Å²) in [5.41, 5.74) is 0.715. The van der Waals surface area contributed by atoms with E-state index in [0.29, 0.717) is 32.0 Å². The van der Waals surface area contributed by atoms with Crippen LogP contribution in [0.5, 0.6) is 0 Å². The van der Waals surface area contributed by atoms with E-state index in [1.165, 1.54) is 27.7 Å². The molecule has 4 saturated heterocycles. The number of ketones is 4. The van der Waals surface area contributed by atoms with Crippen LogP contribution in [0, 0.1) is 0 Å². The standard InChI is InChI=1S/C15H29N3O2.C14H27N3O2.C13H25N3O2.C12H23N3O2/c1-12(19)6-9-16-14(20)17(5)13-7-10-18(11-8-13)15(2,3)4;1-11(18)10-15-13(19)16(5)12-6-8-17(9-7-12)14(2,3)4;1-11(17)5-6-14-12(18)15-7-9-16(10-8-15)13(2,3)4;1-10(16)9-13-11(17)14-5-7-15(8-6-14)12(2,3)4/h13H,6-11H2,1-5H3,(H,16,20);12H,6-10H2,1-5H3,(H,15,19);5-10H2,1-4H3,(H,14,18);5-9H2,1-4H3,(H,13,17). The van der Waals surface area contributed by atoms with E-state index in [0.717, 1.165) is 104 Å². The van der Waals surface area contributed by atoms with Crippen LogP contribution in [0.3, 0.4) is 0 Å². The summed E-state index contributed by atoms with van der Waals surface area (Å²) in [6.45, 7) is 44.2. The second-order valence-electron chi connectivity index (χ2n) is 24.4. The SMILES string of the molecule is CC(=O)CCNC(=O)N(C)C1CCN(C(C)(C)C)CC1.CC(=O)CCNC(=O)N1CCN(C(C)(C)C)CC1.CC(=O)CNC(=O)N(C)C1CCN(C(C)(C)C)CC1.CC(=O)CNC(=O)N1CCN(C(C)(C)C)CC1. The molecule has 4 aliphatic rings. The van der Waals surface area contributed by atoms with E-state index in [1.807, 2.05) is 19.0 Å². The van der Waals surface area contributed by atoms with Gasteiger partial charge in [0.15, 0.2) is 0 Å². The van der Waals surface area contributed by atoms with Gasteiger partial charge in [0, 0.05) is 153 Å². The van der Waals surface area contributed by atoms with Crippen LogP contribution in [0.25, 0.3) is 0 Å². The Bertz CT molecular complexity index is 1770. The normalized spacial score (nSPS) is 17.9. The number of rotatable bonds is 12. The molecule has 4 rings (SSSR count). The fourth-order valence-electron chi connectivity index (χ4n) is 8.90. The van der Waals surface area contributed by atoms with Crippen LogP contribution in [-0.2, 0) is 19.2 Å². The van der Waals surface area contributed by atoms with Crippen molar-refractivity contribution < 1.29 is 38.4 Å². The maximum absolute atomic E-state index is 12.0. The lowest BCUT2D eigenvalue weighted by molar-refractivity contribution is -0.117. The van der Waals surface area contributed by atoms with Gasteiger partial charge in [-0.2, -0.15) is 0 Å². The first kappa shape index (κ1) is 67.6. The van der Waals surface area contributed by atoms with Crippen molar-refractivity contribution in [1.29, 1.82) is 0 Å². The predicted octanol–water partition coefficient (Wildman–Crippen LogP) is 5.14. The molecule has 428 valence electrons. The molecule has 4 aliphatic heterocycles. The Morgan fingerprint density at radius 3 is 0.946 bits per heavy atom. The molecule has 4 fully saturated rings. The summed E-state index contributed by atoms with van der Waals surface area (Å²) in [7, 11) is 3.66. The van der Waals surface area contributed by atoms with E-state index in [1.54, 1.807) is 14.7 Å². The van der Waals surface area contributed by atoms with Gasteiger partial charge in [0.2, 0.25) is 0 Å². The van der Waals surface area contributed by atoms with Crippen molar-refractivity contribution in [1.82, 2.24) is 60.5 Å². The molecular weight excluding hydrogens is 945 g/mol. The molecule has 0 aromatic rings. The van der Waals surface area contributed by atoms with Crippen LogP contribution in [0.2, 0.25) is 0 Å². The minimum Gasteiger partial charge on any atom is -0.338 e. The Hall–Kier alpha value is -4.40. The first-order valence-electron chi connectivity index (χ1n) is 27.1. The minimum absolute atomic E-state index is 0.0216. The molecule has 4 heterocycles. The van der Waals surface area contributed by atoms with Gasteiger partial charge < -0.3 is 40.9 Å². The highest BCUT2D eigenvalue weighted by Gasteiger charge is 2.33. The minimum atomic E-state index is -0.149. The summed E-state index contributed by atoms with van der Waals surface area (Å²) >= 11 is 0. The first-order valence-corrected chi connectivity index (χ1v) is 27.1. The van der Waals surface area contributed by atoms with Gasteiger partial charge in [-0.3, -0.25) is 38.8 Å². The van der Waals surface area contributed by atoms with Gasteiger partial charge in [0.25, 0.3) is 0 Å². The van der Waals surface area contributed by atoms with E-state index in [-0.39, 0.29) is 88.5 Å². The number of carbonyl (C=O) groups is 8. The molecule has 0 spiro atoms. The van der Waals surface area contributed by atoms with E-state index >= 15 is 0 Å². The highest BCUT2D eigenvalue weighted by molar-refractivity contribution is 5.84. The Morgan fingerprint density at radius 2 is 0.649 bits per heavy atom. The number of hydrogen-bond donors (Lipinski definition) is 4. The molecule has 0 aliphatic carbocycles. The number of urea groups is 4. The van der Waals surface area contributed by atoms with Gasteiger partial charge >= 0.3 is 24.1 Å². The summed E-state index contributed by atoms with van der Waals surface area (Å²) in [4.78, 5) is 107. The van der Waals surface area contributed by atoms with Crippen molar-refractivity contribution in [3.8, 4) is 0 Å². The van der Waals surface area contributed by atoms with Gasteiger partial charge in [0.1, 0.15) is 23.1 Å². The summed E-state index contributed by atoms with van der Waals surface area (Å²) in [5.74, 6) is 0.162. The number of nitrogens with zero attached hydrogens (tertiary/aromatic N) is 8. The molecule has 0 radical (unpaired) electrons. The quantitative estimate of drug-likeness (QED) is 0.200. The fraction of sp³-hybridized carbons (Fsp3) is 0.852. The third-order valence-electron chi connectivity index (χ3n) is 14.1. The number of nitrogens with one attached hydrogen (secondary N) is 4. The van der Waals surface area contributed by atoms with Crippen molar-refractivity contribution in [2.45, 2.75) is 184 Å². The smallest absolute Gasteiger partial charge is 0.317 e. The predicted molar refractivity (Wildman–Crippen MR) is 296 cm³/mol. The number of hydrogen-bond acceptors (Lipinski definition) is 12. The molecule has 0 bridgehead atoms. The first-order chi connectivity index (χ1) is 34.0. The molecule has 0 aromatic carbocycles. The van der Waals surface area contributed by atoms with Gasteiger partial charge in [-0.15, -0.1) is 0 Å². The van der Waals surface area contributed by atoms with Crippen LogP contribution < -0.4 is 21.3 Å². The Balaban J connectivity index is 0.000000494. The maximum atomic E-state index is 12.0. The Kier molecular flexibility index (Phi) is 28.9. The van der Waals surface area contributed by atoms with Gasteiger partial charge in [-0.25, -0.2) is 19.2 Å². The second-order valence-corrected chi connectivity index (χ2v) is 24.4. The lowest BCUT2D eigenvalue weighted by atomic mass is 9.97. The van der Waals surface area contributed by atoms with Crippen molar-refractivity contribution in [3.63, 3.8) is 0 Å². The third kappa shape index (κ3) is 26.9. The van der Waals surface area contributed by atoms with Crippen molar-refractivity contribution >= 4 is 47.3 Å². The molecule has 4 N–H and O–H groups in total. The highest BCUT2D eigenvalue weighted by atomic mass is 16.2. The van der Waals surface area contributed by atoms with Crippen molar-refractivity contribution in [2.24, 2.45) is 0 Å². The molecular formula is C54H104N12O8. The monoisotopic (exact) mass is 1050 g/mol.